The molecule has 0 spiro atoms. The van der Waals surface area contributed by atoms with E-state index in [0.29, 0.717) is 30.1 Å². The minimum absolute atomic E-state index is 0.291. The van der Waals surface area contributed by atoms with Gasteiger partial charge in [0.2, 0.25) is 0 Å². The highest BCUT2D eigenvalue weighted by Gasteiger charge is 2.19. The van der Waals surface area contributed by atoms with Crippen molar-refractivity contribution in [3.05, 3.63) is 23.8 Å². The molecule has 1 aromatic carbocycles. The number of hydrogen-bond donors (Lipinski definition) is 1. The van der Waals surface area contributed by atoms with Crippen LogP contribution in [0.25, 0.3) is 0 Å². The summed E-state index contributed by atoms with van der Waals surface area (Å²) in [6, 6.07) is 6.34. The van der Waals surface area contributed by atoms with Crippen LogP contribution in [0, 0.1) is 5.92 Å². The van der Waals surface area contributed by atoms with E-state index in [-0.39, 0.29) is 0 Å². The van der Waals surface area contributed by atoms with Gasteiger partial charge in [-0.25, -0.2) is 0 Å². The van der Waals surface area contributed by atoms with Crippen LogP contribution in [0.1, 0.15) is 53.0 Å². The van der Waals surface area contributed by atoms with E-state index in [1.54, 1.807) is 0 Å². The zero-order chi connectivity index (χ0) is 15.8. The molecule has 3 nitrogen and oxygen atoms in total. The molecule has 1 rings (SSSR count). The van der Waals surface area contributed by atoms with E-state index in [2.05, 4.69) is 32.6 Å². The van der Waals surface area contributed by atoms with Gasteiger partial charge in [-0.15, -0.1) is 0 Å². The number of aromatic hydroxyl groups is 1. The lowest BCUT2D eigenvalue weighted by atomic mass is 10.1. The quantitative estimate of drug-likeness (QED) is 0.730. The van der Waals surface area contributed by atoms with Gasteiger partial charge in [0, 0.05) is 24.7 Å². The Morgan fingerprint density at radius 3 is 2.33 bits per heavy atom. The maximum absolute atomic E-state index is 10.4. The second kappa shape index (κ2) is 8.93. The molecular weight excluding hydrogens is 262 g/mol. The Kier molecular flexibility index (Phi) is 7.58. The smallest absolute Gasteiger partial charge is 0.162 e. The SMILES string of the molecule is CCOc1cccc(CN(CC(C)C)C(CC)CC)c1O. The van der Waals surface area contributed by atoms with E-state index in [1.807, 2.05) is 25.1 Å². The third kappa shape index (κ3) is 5.24. The third-order valence-corrected chi connectivity index (χ3v) is 3.81. The van der Waals surface area contributed by atoms with Gasteiger partial charge in [0.05, 0.1) is 6.61 Å². The molecule has 21 heavy (non-hydrogen) atoms. The average molecular weight is 293 g/mol. The summed E-state index contributed by atoms with van der Waals surface area (Å²) in [5.74, 6) is 1.49. The minimum atomic E-state index is 0.291. The first-order chi connectivity index (χ1) is 10.0. The van der Waals surface area contributed by atoms with Crippen molar-refractivity contribution in [1.29, 1.82) is 0 Å². The second-order valence-electron chi connectivity index (χ2n) is 5.99. The largest absolute Gasteiger partial charge is 0.504 e. The topological polar surface area (TPSA) is 32.7 Å². The van der Waals surface area contributed by atoms with Crippen molar-refractivity contribution >= 4 is 0 Å². The molecule has 0 saturated carbocycles. The van der Waals surface area contributed by atoms with E-state index in [0.717, 1.165) is 31.5 Å². The van der Waals surface area contributed by atoms with E-state index in [9.17, 15) is 5.11 Å². The van der Waals surface area contributed by atoms with Crippen LogP contribution >= 0.6 is 0 Å². The van der Waals surface area contributed by atoms with Gasteiger partial charge in [-0.2, -0.15) is 0 Å². The fourth-order valence-electron chi connectivity index (χ4n) is 2.80. The second-order valence-corrected chi connectivity index (χ2v) is 5.99. The third-order valence-electron chi connectivity index (χ3n) is 3.81. The van der Waals surface area contributed by atoms with Crippen molar-refractivity contribution < 1.29 is 9.84 Å². The van der Waals surface area contributed by atoms with E-state index >= 15 is 0 Å². The predicted octanol–water partition coefficient (Wildman–Crippen LogP) is 4.44. The normalized spacial score (nSPS) is 11.6. The lowest BCUT2D eigenvalue weighted by Crippen LogP contribution is -2.36. The Bertz CT molecular complexity index is 414. The molecule has 0 radical (unpaired) electrons. The summed E-state index contributed by atoms with van der Waals surface area (Å²) in [7, 11) is 0. The number of para-hydroxylation sites is 1. The number of phenols is 1. The molecule has 1 N–H and O–H groups in total. The molecule has 120 valence electrons. The van der Waals surface area contributed by atoms with Crippen molar-refractivity contribution in [2.45, 2.75) is 60.0 Å². The van der Waals surface area contributed by atoms with Crippen LogP contribution in [-0.2, 0) is 6.54 Å². The lowest BCUT2D eigenvalue weighted by Gasteiger charge is -2.32. The van der Waals surface area contributed by atoms with Crippen LogP contribution in [-0.4, -0.2) is 29.2 Å². The fraction of sp³-hybridized carbons (Fsp3) is 0.667. The first-order valence-electron chi connectivity index (χ1n) is 8.21. The standard InChI is InChI=1S/C18H31NO2/c1-6-16(7-2)19(12-14(4)5)13-15-10-9-11-17(18(15)20)21-8-3/h9-11,14,16,20H,6-8,12-13H2,1-5H3. The van der Waals surface area contributed by atoms with Gasteiger partial charge in [-0.3, -0.25) is 4.90 Å². The van der Waals surface area contributed by atoms with Gasteiger partial charge in [0.25, 0.3) is 0 Å². The molecule has 0 aliphatic heterocycles. The Labute approximate surface area is 129 Å². The van der Waals surface area contributed by atoms with Gasteiger partial charge in [0.1, 0.15) is 0 Å². The average Bonchev–Trinajstić information content (AvgIpc) is 2.44. The monoisotopic (exact) mass is 293 g/mol. The highest BCUT2D eigenvalue weighted by atomic mass is 16.5. The van der Waals surface area contributed by atoms with Gasteiger partial charge in [-0.05, 0) is 31.7 Å². The van der Waals surface area contributed by atoms with Gasteiger partial charge >= 0.3 is 0 Å². The maximum Gasteiger partial charge on any atom is 0.162 e. The molecule has 1 aromatic rings. The lowest BCUT2D eigenvalue weighted by molar-refractivity contribution is 0.155. The van der Waals surface area contributed by atoms with Crippen LogP contribution in [0.5, 0.6) is 11.5 Å². The Morgan fingerprint density at radius 2 is 1.81 bits per heavy atom. The molecule has 0 amide bonds. The Morgan fingerprint density at radius 1 is 1.14 bits per heavy atom. The van der Waals surface area contributed by atoms with Crippen molar-refractivity contribution in [2.75, 3.05) is 13.2 Å². The van der Waals surface area contributed by atoms with Crippen molar-refractivity contribution in [1.82, 2.24) is 4.90 Å². The highest BCUT2D eigenvalue weighted by molar-refractivity contribution is 5.45. The molecule has 0 atom stereocenters. The van der Waals surface area contributed by atoms with Crippen LogP contribution in [0.2, 0.25) is 0 Å². The summed E-state index contributed by atoms with van der Waals surface area (Å²) >= 11 is 0. The first kappa shape index (κ1) is 17.8. The summed E-state index contributed by atoms with van der Waals surface area (Å²) < 4.78 is 5.48. The molecule has 3 heteroatoms. The number of phenolic OH excluding ortho intramolecular Hbond substituents is 1. The summed E-state index contributed by atoms with van der Waals surface area (Å²) in [6.45, 7) is 13.3. The fourth-order valence-corrected chi connectivity index (χ4v) is 2.80. The van der Waals surface area contributed by atoms with Gasteiger partial charge in [0.15, 0.2) is 11.5 Å². The Hall–Kier alpha value is -1.22. The number of benzene rings is 1. The van der Waals surface area contributed by atoms with E-state index in [1.165, 1.54) is 0 Å². The highest BCUT2D eigenvalue weighted by Crippen LogP contribution is 2.31. The van der Waals surface area contributed by atoms with Crippen LogP contribution in [0.4, 0.5) is 0 Å². The number of ether oxygens (including phenoxy) is 1. The minimum Gasteiger partial charge on any atom is -0.504 e. The van der Waals surface area contributed by atoms with E-state index in [4.69, 9.17) is 4.74 Å². The molecule has 0 heterocycles. The van der Waals surface area contributed by atoms with E-state index < -0.39 is 0 Å². The predicted molar refractivity (Wildman–Crippen MR) is 88.9 cm³/mol. The molecular formula is C18H31NO2. The van der Waals surface area contributed by atoms with Crippen LogP contribution in [0.15, 0.2) is 18.2 Å². The maximum atomic E-state index is 10.4. The number of nitrogens with zero attached hydrogens (tertiary/aromatic N) is 1. The van der Waals surface area contributed by atoms with Crippen molar-refractivity contribution in [3.63, 3.8) is 0 Å². The number of hydrogen-bond acceptors (Lipinski definition) is 3. The van der Waals surface area contributed by atoms with Crippen LogP contribution < -0.4 is 4.74 Å². The molecule has 0 aliphatic rings. The molecule has 0 bridgehead atoms. The van der Waals surface area contributed by atoms with Gasteiger partial charge < -0.3 is 9.84 Å². The van der Waals surface area contributed by atoms with Crippen molar-refractivity contribution in [3.8, 4) is 11.5 Å². The molecule has 0 aliphatic carbocycles. The molecule has 0 fully saturated rings. The summed E-state index contributed by atoms with van der Waals surface area (Å²) in [5, 5.41) is 10.4. The Balaban J connectivity index is 2.94. The van der Waals surface area contributed by atoms with Crippen LogP contribution in [0.3, 0.4) is 0 Å². The summed E-state index contributed by atoms with van der Waals surface area (Å²) in [5.41, 5.74) is 0.952. The summed E-state index contributed by atoms with van der Waals surface area (Å²) in [4.78, 5) is 2.48. The summed E-state index contributed by atoms with van der Waals surface area (Å²) in [6.07, 6.45) is 2.27. The molecule has 0 aromatic heterocycles. The molecule has 0 saturated heterocycles. The molecule has 0 unspecified atom stereocenters. The van der Waals surface area contributed by atoms with Crippen molar-refractivity contribution in [2.24, 2.45) is 5.92 Å². The zero-order valence-corrected chi connectivity index (χ0v) is 14.2. The zero-order valence-electron chi connectivity index (χ0n) is 14.2. The number of rotatable bonds is 9. The first-order valence-corrected chi connectivity index (χ1v) is 8.21. The van der Waals surface area contributed by atoms with Gasteiger partial charge in [-0.1, -0.05) is 39.8 Å².